The van der Waals surface area contributed by atoms with E-state index in [0.29, 0.717) is 12.0 Å². The van der Waals surface area contributed by atoms with Crippen molar-refractivity contribution in [1.82, 2.24) is 15.0 Å². The predicted molar refractivity (Wildman–Crippen MR) is 105 cm³/mol. The predicted octanol–water partition coefficient (Wildman–Crippen LogP) is 2.83. The third kappa shape index (κ3) is 3.77. The number of anilines is 2. The molecule has 2 aromatic rings. The molecule has 1 fully saturated rings. The molecule has 144 valence electrons. The monoisotopic (exact) mass is 369 g/mol. The third-order valence-electron chi connectivity index (χ3n) is 5.39. The molecule has 0 amide bonds. The molecule has 0 unspecified atom stereocenters. The Bertz CT molecular complexity index is 790. The maximum absolute atomic E-state index is 5.51. The van der Waals surface area contributed by atoms with Crippen LogP contribution in [0.15, 0.2) is 18.2 Å². The summed E-state index contributed by atoms with van der Waals surface area (Å²) in [7, 11) is 3.34. The summed E-state index contributed by atoms with van der Waals surface area (Å²) >= 11 is 0. The van der Waals surface area contributed by atoms with Crippen LogP contribution < -0.4 is 19.3 Å². The summed E-state index contributed by atoms with van der Waals surface area (Å²) < 4.78 is 10.9. The molecule has 3 heterocycles. The number of benzene rings is 1. The highest BCUT2D eigenvalue weighted by molar-refractivity contribution is 5.48. The largest absolute Gasteiger partial charge is 0.496 e. The van der Waals surface area contributed by atoms with E-state index in [1.807, 2.05) is 12.1 Å². The smallest absolute Gasteiger partial charge is 0.322 e. The second-order valence-corrected chi connectivity index (χ2v) is 7.09. The summed E-state index contributed by atoms with van der Waals surface area (Å²) in [4.78, 5) is 18.3. The second-order valence-electron chi connectivity index (χ2n) is 7.09. The number of ether oxygens (including phenoxy) is 2. The number of hydrogen-bond donors (Lipinski definition) is 0. The Labute approximate surface area is 160 Å². The van der Waals surface area contributed by atoms with Gasteiger partial charge < -0.3 is 19.3 Å². The lowest BCUT2D eigenvalue weighted by molar-refractivity contribution is 0.377. The summed E-state index contributed by atoms with van der Waals surface area (Å²) in [6, 6.07) is 6.60. The number of methoxy groups -OCH3 is 2. The van der Waals surface area contributed by atoms with E-state index in [2.05, 4.69) is 25.8 Å². The van der Waals surface area contributed by atoms with Crippen molar-refractivity contribution in [3.63, 3.8) is 0 Å². The van der Waals surface area contributed by atoms with Gasteiger partial charge in [-0.2, -0.15) is 15.0 Å². The first-order chi connectivity index (χ1) is 13.3. The first kappa shape index (κ1) is 17.8. The van der Waals surface area contributed by atoms with E-state index in [1.165, 1.54) is 36.8 Å². The molecule has 27 heavy (non-hydrogen) atoms. The Balaban J connectivity index is 1.62. The molecule has 2 aliphatic heterocycles. The highest BCUT2D eigenvalue weighted by Gasteiger charge is 2.23. The highest BCUT2D eigenvalue weighted by Crippen LogP contribution is 2.30. The average Bonchev–Trinajstić information content (AvgIpc) is 3.02. The van der Waals surface area contributed by atoms with Crippen molar-refractivity contribution in [2.24, 2.45) is 0 Å². The van der Waals surface area contributed by atoms with Gasteiger partial charge in [-0.25, -0.2) is 0 Å². The lowest BCUT2D eigenvalue weighted by atomic mass is 9.99. The van der Waals surface area contributed by atoms with Crippen LogP contribution in [-0.4, -0.2) is 48.8 Å². The average molecular weight is 369 g/mol. The van der Waals surface area contributed by atoms with E-state index < -0.39 is 0 Å². The van der Waals surface area contributed by atoms with Crippen molar-refractivity contribution < 1.29 is 9.47 Å². The van der Waals surface area contributed by atoms with Gasteiger partial charge in [-0.3, -0.25) is 0 Å². The molecule has 0 atom stereocenters. The fraction of sp³-hybridized carbons (Fsp3) is 0.550. The lowest BCUT2D eigenvalue weighted by Crippen LogP contribution is -2.33. The molecular weight excluding hydrogens is 342 g/mol. The molecule has 1 saturated heterocycles. The Kier molecular flexibility index (Phi) is 5.27. The van der Waals surface area contributed by atoms with E-state index in [4.69, 9.17) is 14.5 Å². The van der Waals surface area contributed by atoms with E-state index in [9.17, 15) is 0 Å². The fourth-order valence-corrected chi connectivity index (χ4v) is 3.92. The molecule has 0 saturated carbocycles. The quantitative estimate of drug-likeness (QED) is 0.821. The standard InChI is InChI=1S/C20H27N5O2/c1-26-17-9-7-8-15-14-25(13-10-16(15)17)19-21-18(22-20(23-19)27-2)24-11-5-3-4-6-12-24/h7-9H,3-6,10-14H2,1-2H3. The number of fused-ring (bicyclic) bond motifs is 1. The normalized spacial score (nSPS) is 17.3. The van der Waals surface area contributed by atoms with Gasteiger partial charge in [0.1, 0.15) is 5.75 Å². The summed E-state index contributed by atoms with van der Waals surface area (Å²) in [6.07, 6.45) is 5.82. The van der Waals surface area contributed by atoms with Crippen LogP contribution in [0.1, 0.15) is 36.8 Å². The number of hydrogen-bond acceptors (Lipinski definition) is 7. The maximum Gasteiger partial charge on any atom is 0.322 e. The molecule has 7 nitrogen and oxygen atoms in total. The first-order valence-corrected chi connectivity index (χ1v) is 9.73. The molecule has 7 heteroatoms. The number of aromatic nitrogens is 3. The minimum absolute atomic E-state index is 0.385. The zero-order valence-electron chi connectivity index (χ0n) is 16.1. The first-order valence-electron chi connectivity index (χ1n) is 9.73. The van der Waals surface area contributed by atoms with Crippen molar-refractivity contribution >= 4 is 11.9 Å². The molecule has 0 spiro atoms. The van der Waals surface area contributed by atoms with E-state index in [0.717, 1.165) is 44.3 Å². The highest BCUT2D eigenvalue weighted by atomic mass is 16.5. The Morgan fingerprint density at radius 3 is 2.26 bits per heavy atom. The molecule has 1 aromatic heterocycles. The van der Waals surface area contributed by atoms with E-state index in [1.54, 1.807) is 14.2 Å². The van der Waals surface area contributed by atoms with Gasteiger partial charge in [0.05, 0.1) is 14.2 Å². The van der Waals surface area contributed by atoms with Gasteiger partial charge in [0.2, 0.25) is 11.9 Å². The van der Waals surface area contributed by atoms with Crippen molar-refractivity contribution in [2.75, 3.05) is 43.7 Å². The van der Waals surface area contributed by atoms with Gasteiger partial charge in [-0.05, 0) is 30.9 Å². The summed E-state index contributed by atoms with van der Waals surface area (Å²) in [6.45, 7) is 3.60. The van der Waals surface area contributed by atoms with Crippen molar-refractivity contribution in [3.8, 4) is 11.8 Å². The van der Waals surface area contributed by atoms with Gasteiger partial charge in [-0.1, -0.05) is 25.0 Å². The van der Waals surface area contributed by atoms with Crippen LogP contribution in [0.5, 0.6) is 11.8 Å². The summed E-state index contributed by atoms with van der Waals surface area (Å²) in [5.74, 6) is 2.38. The van der Waals surface area contributed by atoms with E-state index in [-0.39, 0.29) is 0 Å². The molecule has 4 rings (SSSR count). The van der Waals surface area contributed by atoms with Gasteiger partial charge in [0, 0.05) is 31.7 Å². The number of nitrogens with zero attached hydrogens (tertiary/aromatic N) is 5. The van der Waals surface area contributed by atoms with Crippen molar-refractivity contribution in [2.45, 2.75) is 38.6 Å². The zero-order chi connectivity index (χ0) is 18.6. The molecular formula is C20H27N5O2. The van der Waals surface area contributed by atoms with Crippen LogP contribution in [0, 0.1) is 0 Å². The Morgan fingerprint density at radius 2 is 1.56 bits per heavy atom. The van der Waals surface area contributed by atoms with Crippen molar-refractivity contribution in [1.29, 1.82) is 0 Å². The second kappa shape index (κ2) is 7.98. The summed E-state index contributed by atoms with van der Waals surface area (Å²) in [5.41, 5.74) is 2.54. The molecule has 0 N–H and O–H groups in total. The molecule has 0 bridgehead atoms. The third-order valence-corrected chi connectivity index (χ3v) is 5.39. The van der Waals surface area contributed by atoms with Gasteiger partial charge in [-0.15, -0.1) is 0 Å². The molecule has 2 aliphatic rings. The van der Waals surface area contributed by atoms with Gasteiger partial charge in [0.25, 0.3) is 0 Å². The summed E-state index contributed by atoms with van der Waals surface area (Å²) in [5, 5.41) is 0. The zero-order valence-corrected chi connectivity index (χ0v) is 16.1. The molecule has 1 aromatic carbocycles. The van der Waals surface area contributed by atoms with Crippen LogP contribution in [0.2, 0.25) is 0 Å². The van der Waals surface area contributed by atoms with Crippen LogP contribution in [-0.2, 0) is 13.0 Å². The van der Waals surface area contributed by atoms with Crippen LogP contribution in [0.4, 0.5) is 11.9 Å². The molecule has 0 aliphatic carbocycles. The molecule has 0 radical (unpaired) electrons. The number of rotatable bonds is 4. The van der Waals surface area contributed by atoms with Crippen LogP contribution >= 0.6 is 0 Å². The SMILES string of the molecule is COc1nc(N2CCCCCC2)nc(N2CCc3c(cccc3OC)C2)n1. The Hall–Kier alpha value is -2.57. The minimum atomic E-state index is 0.385. The topological polar surface area (TPSA) is 63.6 Å². The van der Waals surface area contributed by atoms with Crippen LogP contribution in [0.25, 0.3) is 0 Å². The maximum atomic E-state index is 5.51. The van der Waals surface area contributed by atoms with Crippen LogP contribution in [0.3, 0.4) is 0 Å². The minimum Gasteiger partial charge on any atom is -0.496 e. The fourth-order valence-electron chi connectivity index (χ4n) is 3.92. The lowest BCUT2D eigenvalue weighted by Gasteiger charge is -2.30. The van der Waals surface area contributed by atoms with Gasteiger partial charge >= 0.3 is 6.01 Å². The van der Waals surface area contributed by atoms with Gasteiger partial charge in [0.15, 0.2) is 0 Å². The Morgan fingerprint density at radius 1 is 0.815 bits per heavy atom. The van der Waals surface area contributed by atoms with Crippen molar-refractivity contribution in [3.05, 3.63) is 29.3 Å². The van der Waals surface area contributed by atoms with E-state index >= 15 is 0 Å².